The van der Waals surface area contributed by atoms with Crippen LogP contribution in [0.1, 0.15) is 19.8 Å². The van der Waals surface area contributed by atoms with Crippen LogP contribution in [0.5, 0.6) is 0 Å². The maximum atomic E-state index is 11.3. The van der Waals surface area contributed by atoms with Gasteiger partial charge >= 0.3 is 0 Å². The molecule has 0 atom stereocenters. The molecule has 13 heavy (non-hydrogen) atoms. The number of nitrogens with zero attached hydrogens (tertiary/aromatic N) is 1. The average molecular weight is 182 g/mol. The van der Waals surface area contributed by atoms with Gasteiger partial charge in [0.05, 0.1) is 0 Å². The van der Waals surface area contributed by atoms with Crippen LogP contribution in [0, 0.1) is 0 Å². The smallest absolute Gasteiger partial charge is 0.245 e. The first-order valence-electron chi connectivity index (χ1n) is 4.71. The molecule has 1 N–H and O–H groups in total. The lowest BCUT2D eigenvalue weighted by molar-refractivity contribution is -0.127. The van der Waals surface area contributed by atoms with Crippen LogP contribution in [0.4, 0.5) is 0 Å². The predicted molar refractivity (Wildman–Crippen MR) is 53.5 cm³/mol. The average Bonchev–Trinajstić information content (AvgIpc) is 2.18. The Hall–Kier alpha value is -0.830. The van der Waals surface area contributed by atoms with Gasteiger partial charge in [-0.2, -0.15) is 0 Å². The normalized spacial score (nSPS) is 21.2. The second-order valence-electron chi connectivity index (χ2n) is 3.84. The highest BCUT2D eigenvalue weighted by atomic mass is 16.2. The molecule has 0 radical (unpaired) electrons. The molecule has 3 heteroatoms. The molecule has 0 aliphatic carbocycles. The molecule has 1 amide bonds. The summed E-state index contributed by atoms with van der Waals surface area (Å²) in [6.07, 6.45) is 3.42. The molecule has 1 aliphatic heterocycles. The lowest BCUT2D eigenvalue weighted by Gasteiger charge is -2.38. The highest BCUT2D eigenvalue weighted by molar-refractivity contribution is 5.87. The molecule has 0 unspecified atom stereocenters. The molecule has 0 bridgehead atoms. The van der Waals surface area contributed by atoms with Gasteiger partial charge in [0.2, 0.25) is 5.91 Å². The molecular weight excluding hydrogens is 164 g/mol. The monoisotopic (exact) mass is 182 g/mol. The van der Waals surface area contributed by atoms with Gasteiger partial charge in [0.1, 0.15) is 0 Å². The van der Waals surface area contributed by atoms with Gasteiger partial charge in [-0.15, -0.1) is 0 Å². The van der Waals surface area contributed by atoms with Crippen molar-refractivity contribution >= 4 is 5.91 Å². The van der Waals surface area contributed by atoms with Crippen LogP contribution in [0.3, 0.4) is 0 Å². The van der Waals surface area contributed by atoms with E-state index in [1.54, 1.807) is 0 Å². The minimum Gasteiger partial charge on any atom is -0.339 e. The van der Waals surface area contributed by atoms with Gasteiger partial charge in [-0.3, -0.25) is 4.79 Å². The Labute approximate surface area is 79.8 Å². The fourth-order valence-corrected chi connectivity index (χ4v) is 1.60. The number of nitrogens with one attached hydrogen (secondary N) is 1. The van der Waals surface area contributed by atoms with Crippen molar-refractivity contribution in [3.05, 3.63) is 12.7 Å². The predicted octanol–water partition coefficient (Wildman–Crippen LogP) is 0.773. The number of carbonyl (C=O) groups is 1. The van der Waals surface area contributed by atoms with Crippen LogP contribution in [0.15, 0.2) is 12.7 Å². The van der Waals surface area contributed by atoms with E-state index >= 15 is 0 Å². The van der Waals surface area contributed by atoms with E-state index in [9.17, 15) is 4.79 Å². The first-order valence-corrected chi connectivity index (χ1v) is 4.71. The molecule has 74 valence electrons. The minimum absolute atomic E-state index is 0.0538. The Morgan fingerprint density at radius 1 is 1.54 bits per heavy atom. The number of rotatable bonds is 2. The molecular formula is C10H18N2O. The van der Waals surface area contributed by atoms with Crippen molar-refractivity contribution < 1.29 is 4.79 Å². The fraction of sp³-hybridized carbons (Fsp3) is 0.700. The van der Waals surface area contributed by atoms with Crippen molar-refractivity contribution in [1.82, 2.24) is 10.2 Å². The van der Waals surface area contributed by atoms with E-state index in [2.05, 4.69) is 18.8 Å². The van der Waals surface area contributed by atoms with E-state index < -0.39 is 0 Å². The third kappa shape index (κ3) is 2.31. The number of hydrogen-bond donors (Lipinski definition) is 1. The van der Waals surface area contributed by atoms with Crippen molar-refractivity contribution in [2.45, 2.75) is 25.3 Å². The molecule has 1 aliphatic rings. The Kier molecular flexibility index (Phi) is 3.09. The summed E-state index contributed by atoms with van der Waals surface area (Å²) in [6, 6.07) is 0. The number of carbonyl (C=O) groups excluding carboxylic acids is 1. The van der Waals surface area contributed by atoms with E-state index in [4.69, 9.17) is 0 Å². The number of hydrogen-bond acceptors (Lipinski definition) is 2. The molecule has 1 fully saturated rings. The van der Waals surface area contributed by atoms with Gasteiger partial charge in [0.25, 0.3) is 0 Å². The molecule has 1 rings (SSSR count). The zero-order valence-electron chi connectivity index (χ0n) is 8.47. The van der Waals surface area contributed by atoms with Crippen LogP contribution in [0.2, 0.25) is 0 Å². The summed E-state index contributed by atoms with van der Waals surface area (Å²) < 4.78 is 0. The van der Waals surface area contributed by atoms with Crippen molar-refractivity contribution in [1.29, 1.82) is 0 Å². The van der Waals surface area contributed by atoms with Gasteiger partial charge in [-0.05, 0) is 32.9 Å². The van der Waals surface area contributed by atoms with E-state index in [1.807, 2.05) is 11.9 Å². The zero-order valence-corrected chi connectivity index (χ0v) is 8.47. The summed E-state index contributed by atoms with van der Waals surface area (Å²) >= 11 is 0. The van der Waals surface area contributed by atoms with E-state index in [-0.39, 0.29) is 11.4 Å². The van der Waals surface area contributed by atoms with E-state index in [0.717, 1.165) is 25.9 Å². The molecule has 1 saturated heterocycles. The van der Waals surface area contributed by atoms with Gasteiger partial charge < -0.3 is 10.2 Å². The van der Waals surface area contributed by atoms with Crippen molar-refractivity contribution in [2.75, 3.05) is 20.1 Å². The molecule has 3 nitrogen and oxygen atoms in total. The Balaban J connectivity index is 2.47. The van der Waals surface area contributed by atoms with Gasteiger partial charge in [-0.25, -0.2) is 0 Å². The summed E-state index contributed by atoms with van der Waals surface area (Å²) in [5, 5.41) is 3.29. The fourth-order valence-electron chi connectivity index (χ4n) is 1.60. The molecule has 0 spiro atoms. The first-order chi connectivity index (χ1) is 6.11. The minimum atomic E-state index is 0.0538. The summed E-state index contributed by atoms with van der Waals surface area (Å²) in [5.41, 5.74) is 0.206. The first kappa shape index (κ1) is 10.3. The topological polar surface area (TPSA) is 32.3 Å². The molecule has 0 aromatic rings. The maximum Gasteiger partial charge on any atom is 0.245 e. The Morgan fingerprint density at radius 2 is 2.08 bits per heavy atom. The van der Waals surface area contributed by atoms with Crippen LogP contribution in [0.25, 0.3) is 0 Å². The molecule has 1 heterocycles. The third-order valence-electron chi connectivity index (χ3n) is 2.96. The number of piperidine rings is 1. The lowest BCUT2D eigenvalue weighted by atomic mass is 9.90. The van der Waals surface area contributed by atoms with Gasteiger partial charge in [0.15, 0.2) is 0 Å². The van der Waals surface area contributed by atoms with E-state index in [0.29, 0.717) is 0 Å². The Bertz CT molecular complexity index is 205. The Morgan fingerprint density at radius 3 is 2.46 bits per heavy atom. The lowest BCUT2D eigenvalue weighted by Crippen LogP contribution is -2.51. The van der Waals surface area contributed by atoms with Gasteiger partial charge in [-0.1, -0.05) is 6.58 Å². The standard InChI is InChI=1S/C10H18N2O/c1-4-9(13)12-7-5-10(2,11-3)6-8-12/h4,11H,1,5-8H2,2-3H3. The van der Waals surface area contributed by atoms with Crippen LogP contribution < -0.4 is 5.32 Å². The second-order valence-corrected chi connectivity index (χ2v) is 3.84. The highest BCUT2D eigenvalue weighted by Gasteiger charge is 2.29. The summed E-state index contributed by atoms with van der Waals surface area (Å²) in [7, 11) is 1.98. The van der Waals surface area contributed by atoms with Gasteiger partial charge in [0, 0.05) is 18.6 Å². The second kappa shape index (κ2) is 3.92. The number of amides is 1. The summed E-state index contributed by atoms with van der Waals surface area (Å²) in [4.78, 5) is 13.1. The molecule has 0 saturated carbocycles. The molecule has 0 aromatic carbocycles. The summed E-state index contributed by atoms with van der Waals surface area (Å²) in [6.45, 7) is 7.35. The maximum absolute atomic E-state index is 11.3. The van der Waals surface area contributed by atoms with Crippen molar-refractivity contribution in [3.63, 3.8) is 0 Å². The molecule has 0 aromatic heterocycles. The summed E-state index contributed by atoms with van der Waals surface area (Å²) in [5.74, 6) is 0.0538. The zero-order chi connectivity index (χ0) is 9.90. The van der Waals surface area contributed by atoms with E-state index in [1.165, 1.54) is 6.08 Å². The van der Waals surface area contributed by atoms with Crippen LogP contribution in [-0.4, -0.2) is 36.5 Å². The highest BCUT2D eigenvalue weighted by Crippen LogP contribution is 2.20. The quantitative estimate of drug-likeness (QED) is 0.640. The SMILES string of the molecule is C=CC(=O)N1CCC(C)(NC)CC1. The third-order valence-corrected chi connectivity index (χ3v) is 2.96. The largest absolute Gasteiger partial charge is 0.339 e. The van der Waals surface area contributed by atoms with Crippen molar-refractivity contribution in [3.8, 4) is 0 Å². The number of likely N-dealkylation sites (tertiary alicyclic amines) is 1. The van der Waals surface area contributed by atoms with Crippen LogP contribution >= 0.6 is 0 Å². The van der Waals surface area contributed by atoms with Crippen molar-refractivity contribution in [2.24, 2.45) is 0 Å². The van der Waals surface area contributed by atoms with Crippen LogP contribution in [-0.2, 0) is 4.79 Å².